The van der Waals surface area contributed by atoms with Crippen molar-refractivity contribution in [1.82, 2.24) is 4.90 Å². The van der Waals surface area contributed by atoms with Crippen molar-refractivity contribution in [2.45, 2.75) is 6.23 Å². The average molecular weight is 216 g/mol. The molecule has 0 aliphatic rings. The molecule has 0 bridgehead atoms. The summed E-state index contributed by atoms with van der Waals surface area (Å²) in [5.74, 6) is 0.635. The number of benzene rings is 1. The summed E-state index contributed by atoms with van der Waals surface area (Å²) in [5.41, 5.74) is 0.671. The number of hydrogen-bond acceptors (Lipinski definition) is 3. The van der Waals surface area contributed by atoms with Crippen LogP contribution in [-0.2, 0) is 0 Å². The molecule has 1 rings (SSSR count). The molecule has 1 N–H and O–H groups in total. The van der Waals surface area contributed by atoms with Gasteiger partial charge in [-0.15, -0.1) is 0 Å². The quantitative estimate of drug-likeness (QED) is 0.782. The van der Waals surface area contributed by atoms with Gasteiger partial charge in [0.1, 0.15) is 12.0 Å². The maximum atomic E-state index is 9.82. The van der Waals surface area contributed by atoms with Crippen LogP contribution in [0.25, 0.3) is 0 Å². The summed E-state index contributed by atoms with van der Waals surface area (Å²) >= 11 is 5.84. The molecule has 0 spiro atoms. The van der Waals surface area contributed by atoms with Crippen molar-refractivity contribution in [1.29, 1.82) is 0 Å². The van der Waals surface area contributed by atoms with Gasteiger partial charge in [0.25, 0.3) is 0 Å². The van der Waals surface area contributed by atoms with E-state index in [2.05, 4.69) is 0 Å². The first-order valence-electron chi connectivity index (χ1n) is 4.24. The van der Waals surface area contributed by atoms with E-state index in [4.69, 9.17) is 16.3 Å². The largest absolute Gasteiger partial charge is 0.496 e. The third kappa shape index (κ3) is 2.38. The van der Waals surface area contributed by atoms with Gasteiger partial charge in [-0.3, -0.25) is 4.90 Å². The fourth-order valence-electron chi connectivity index (χ4n) is 1.19. The van der Waals surface area contributed by atoms with Crippen molar-refractivity contribution in [2.24, 2.45) is 0 Å². The van der Waals surface area contributed by atoms with Gasteiger partial charge in [0.05, 0.1) is 7.11 Å². The normalized spacial score (nSPS) is 13.0. The Morgan fingerprint density at radius 3 is 2.57 bits per heavy atom. The first kappa shape index (κ1) is 11.3. The van der Waals surface area contributed by atoms with Gasteiger partial charge in [0, 0.05) is 10.6 Å². The van der Waals surface area contributed by atoms with E-state index in [1.807, 2.05) is 0 Å². The summed E-state index contributed by atoms with van der Waals surface area (Å²) in [7, 11) is 5.13. The van der Waals surface area contributed by atoms with Crippen molar-refractivity contribution in [2.75, 3.05) is 21.2 Å². The number of hydrogen-bond donors (Lipinski definition) is 1. The summed E-state index contributed by atoms with van der Waals surface area (Å²) in [5, 5.41) is 10.4. The van der Waals surface area contributed by atoms with Gasteiger partial charge >= 0.3 is 0 Å². The highest BCUT2D eigenvalue weighted by atomic mass is 35.5. The molecule has 3 nitrogen and oxygen atoms in total. The van der Waals surface area contributed by atoms with E-state index in [0.29, 0.717) is 16.3 Å². The van der Waals surface area contributed by atoms with Gasteiger partial charge in [-0.2, -0.15) is 0 Å². The minimum Gasteiger partial charge on any atom is -0.496 e. The fraction of sp³-hybridized carbons (Fsp3) is 0.400. The van der Waals surface area contributed by atoms with Crippen LogP contribution < -0.4 is 4.74 Å². The van der Waals surface area contributed by atoms with Crippen molar-refractivity contribution in [3.05, 3.63) is 28.8 Å². The fourth-order valence-corrected chi connectivity index (χ4v) is 1.37. The first-order chi connectivity index (χ1) is 6.56. The molecule has 0 aliphatic heterocycles. The summed E-state index contributed by atoms with van der Waals surface area (Å²) in [6.45, 7) is 0. The van der Waals surface area contributed by atoms with E-state index in [9.17, 15) is 5.11 Å². The zero-order chi connectivity index (χ0) is 10.7. The molecule has 1 aromatic carbocycles. The van der Waals surface area contributed by atoms with Gasteiger partial charge in [0.2, 0.25) is 0 Å². The molecule has 78 valence electrons. The third-order valence-corrected chi connectivity index (χ3v) is 2.19. The lowest BCUT2D eigenvalue weighted by molar-refractivity contribution is 0.0375. The van der Waals surface area contributed by atoms with E-state index < -0.39 is 6.23 Å². The molecule has 1 aromatic rings. The minimum absolute atomic E-state index is 0.585. The van der Waals surface area contributed by atoms with Crippen LogP contribution in [0.5, 0.6) is 5.75 Å². The Hall–Kier alpha value is -0.770. The molecule has 0 fully saturated rings. The number of aliphatic hydroxyl groups is 1. The van der Waals surface area contributed by atoms with E-state index >= 15 is 0 Å². The number of aliphatic hydroxyl groups excluding tert-OH is 1. The molecular formula is C10H14ClNO2. The maximum Gasteiger partial charge on any atom is 0.136 e. The maximum absolute atomic E-state index is 9.82. The highest BCUT2D eigenvalue weighted by molar-refractivity contribution is 6.30. The smallest absolute Gasteiger partial charge is 0.136 e. The lowest BCUT2D eigenvalue weighted by Gasteiger charge is -2.20. The number of ether oxygens (including phenoxy) is 1. The number of rotatable bonds is 3. The third-order valence-electron chi connectivity index (χ3n) is 1.96. The van der Waals surface area contributed by atoms with Crippen LogP contribution in [0.4, 0.5) is 0 Å². The monoisotopic (exact) mass is 215 g/mol. The molecular weight excluding hydrogens is 202 g/mol. The molecule has 0 aliphatic carbocycles. The van der Waals surface area contributed by atoms with Crippen LogP contribution >= 0.6 is 11.6 Å². The number of nitrogens with zero attached hydrogens (tertiary/aromatic N) is 1. The Kier molecular flexibility index (Phi) is 3.75. The molecule has 0 saturated heterocycles. The minimum atomic E-state index is -0.705. The lowest BCUT2D eigenvalue weighted by Crippen LogP contribution is -2.19. The van der Waals surface area contributed by atoms with E-state index in [-0.39, 0.29) is 0 Å². The van der Waals surface area contributed by atoms with Gasteiger partial charge < -0.3 is 9.84 Å². The van der Waals surface area contributed by atoms with Crippen molar-refractivity contribution in [3.8, 4) is 5.75 Å². The van der Waals surface area contributed by atoms with Gasteiger partial charge in [-0.25, -0.2) is 0 Å². The highest BCUT2D eigenvalue weighted by Crippen LogP contribution is 2.28. The Morgan fingerprint density at radius 1 is 1.43 bits per heavy atom. The van der Waals surface area contributed by atoms with Crippen LogP contribution in [0.1, 0.15) is 11.8 Å². The molecule has 1 unspecified atom stereocenters. The van der Waals surface area contributed by atoms with E-state index in [0.717, 1.165) is 0 Å². The molecule has 0 amide bonds. The predicted molar refractivity (Wildman–Crippen MR) is 56.7 cm³/mol. The van der Waals surface area contributed by atoms with Crippen molar-refractivity contribution in [3.63, 3.8) is 0 Å². The Morgan fingerprint density at radius 2 is 2.07 bits per heavy atom. The van der Waals surface area contributed by atoms with Crippen molar-refractivity contribution >= 4 is 11.6 Å². The molecule has 0 radical (unpaired) electrons. The second-order valence-electron chi connectivity index (χ2n) is 3.22. The van der Waals surface area contributed by atoms with Crippen LogP contribution in [0.2, 0.25) is 5.02 Å². The molecule has 0 saturated carbocycles. The zero-order valence-electron chi connectivity index (χ0n) is 8.49. The van der Waals surface area contributed by atoms with Gasteiger partial charge in [-0.05, 0) is 32.3 Å². The molecule has 1 atom stereocenters. The van der Waals surface area contributed by atoms with E-state index in [1.54, 1.807) is 44.3 Å². The number of methoxy groups -OCH3 is 1. The molecule has 4 heteroatoms. The van der Waals surface area contributed by atoms with Gasteiger partial charge in [-0.1, -0.05) is 11.6 Å². The molecule has 0 aromatic heterocycles. The Balaban J connectivity index is 3.10. The Labute approximate surface area is 88.9 Å². The van der Waals surface area contributed by atoms with Crippen LogP contribution in [0.15, 0.2) is 18.2 Å². The Bertz CT molecular complexity index is 315. The predicted octanol–water partition coefficient (Wildman–Crippen LogP) is 1.90. The SMILES string of the molecule is COc1ccc(Cl)cc1C(O)N(C)C. The summed E-state index contributed by atoms with van der Waals surface area (Å²) in [6, 6.07) is 5.17. The second kappa shape index (κ2) is 4.64. The van der Waals surface area contributed by atoms with Crippen LogP contribution in [0.3, 0.4) is 0 Å². The molecule has 0 heterocycles. The van der Waals surface area contributed by atoms with Crippen molar-refractivity contribution < 1.29 is 9.84 Å². The molecule has 14 heavy (non-hydrogen) atoms. The number of halogens is 1. The average Bonchev–Trinajstić information content (AvgIpc) is 2.16. The lowest BCUT2D eigenvalue weighted by atomic mass is 10.1. The topological polar surface area (TPSA) is 32.7 Å². The van der Waals surface area contributed by atoms with Gasteiger partial charge in [0.15, 0.2) is 0 Å². The second-order valence-corrected chi connectivity index (χ2v) is 3.66. The first-order valence-corrected chi connectivity index (χ1v) is 4.62. The standard InChI is InChI=1S/C10H14ClNO2/c1-12(2)10(13)8-6-7(11)4-5-9(8)14-3/h4-6,10,13H,1-3H3. The van der Waals surface area contributed by atoms with Crippen LogP contribution in [-0.4, -0.2) is 31.2 Å². The summed E-state index contributed by atoms with van der Waals surface area (Å²) in [6.07, 6.45) is -0.705. The summed E-state index contributed by atoms with van der Waals surface area (Å²) < 4.78 is 5.13. The summed E-state index contributed by atoms with van der Waals surface area (Å²) in [4.78, 5) is 1.67. The zero-order valence-corrected chi connectivity index (χ0v) is 9.25. The van der Waals surface area contributed by atoms with Crippen LogP contribution in [0, 0.1) is 0 Å². The van der Waals surface area contributed by atoms with E-state index in [1.165, 1.54) is 0 Å². The highest BCUT2D eigenvalue weighted by Gasteiger charge is 2.15.